The van der Waals surface area contributed by atoms with Crippen molar-refractivity contribution in [2.45, 2.75) is 26.3 Å². The summed E-state index contributed by atoms with van der Waals surface area (Å²) in [5, 5.41) is 14.6. The van der Waals surface area contributed by atoms with Crippen LogP contribution in [0.3, 0.4) is 0 Å². The number of methoxy groups -OCH3 is 1. The maximum Gasteiger partial charge on any atom is 0.231 e. The number of hydrogen-bond acceptors (Lipinski definition) is 10. The van der Waals surface area contributed by atoms with Gasteiger partial charge in [-0.05, 0) is 32.4 Å². The highest BCUT2D eigenvalue weighted by Gasteiger charge is 2.35. The number of nitrogens with zero attached hydrogens (tertiary/aromatic N) is 6. The predicted molar refractivity (Wildman–Crippen MR) is 125 cm³/mol. The molecule has 4 aromatic rings. The maximum absolute atomic E-state index is 5.79. The molecule has 1 saturated heterocycles. The Hall–Kier alpha value is -3.99. The van der Waals surface area contributed by atoms with E-state index in [1.165, 1.54) is 0 Å². The lowest BCUT2D eigenvalue weighted by molar-refractivity contribution is 0.143. The molecule has 1 unspecified atom stereocenters. The van der Waals surface area contributed by atoms with Crippen molar-refractivity contribution in [1.82, 2.24) is 30.3 Å². The van der Waals surface area contributed by atoms with Crippen molar-refractivity contribution in [2.75, 3.05) is 37.1 Å². The summed E-state index contributed by atoms with van der Waals surface area (Å²) in [4.78, 5) is 15.8. The molecule has 1 aliphatic heterocycles. The quantitative estimate of drug-likeness (QED) is 0.356. The predicted octanol–water partition coefficient (Wildman–Crippen LogP) is 3.59. The number of aromatic amines is 1. The molecule has 11 nitrogen and oxygen atoms in total. The van der Waals surface area contributed by atoms with Crippen molar-refractivity contribution in [3.8, 4) is 17.1 Å². The van der Waals surface area contributed by atoms with Crippen LogP contribution in [0.15, 0.2) is 41.1 Å². The van der Waals surface area contributed by atoms with Crippen LogP contribution in [0.1, 0.15) is 29.6 Å². The van der Waals surface area contributed by atoms with E-state index in [-0.39, 0.29) is 6.04 Å². The largest absolute Gasteiger partial charge is 0.475 e. The number of H-pyrrole nitrogens is 1. The van der Waals surface area contributed by atoms with Crippen LogP contribution in [0.2, 0.25) is 0 Å². The lowest BCUT2D eigenvalue weighted by Crippen LogP contribution is -2.42. The zero-order chi connectivity index (χ0) is 23.5. The van der Waals surface area contributed by atoms with Gasteiger partial charge in [0, 0.05) is 55.0 Å². The first-order valence-corrected chi connectivity index (χ1v) is 11.1. The summed E-state index contributed by atoms with van der Waals surface area (Å²) in [6.45, 7) is 5.52. The fourth-order valence-electron chi connectivity index (χ4n) is 3.77. The van der Waals surface area contributed by atoms with E-state index >= 15 is 0 Å². The molecule has 34 heavy (non-hydrogen) atoms. The van der Waals surface area contributed by atoms with Gasteiger partial charge in [0.25, 0.3) is 0 Å². The van der Waals surface area contributed by atoms with Gasteiger partial charge in [-0.2, -0.15) is 15.1 Å². The number of ether oxygens (including phenoxy) is 2. The van der Waals surface area contributed by atoms with Gasteiger partial charge in [-0.3, -0.25) is 10.1 Å². The van der Waals surface area contributed by atoms with Gasteiger partial charge in [-0.15, -0.1) is 0 Å². The van der Waals surface area contributed by atoms with Crippen molar-refractivity contribution < 1.29 is 14.0 Å². The van der Waals surface area contributed by atoms with Gasteiger partial charge in [-0.25, -0.2) is 0 Å². The summed E-state index contributed by atoms with van der Waals surface area (Å²) in [6, 6.07) is 9.47. The SMILES string of the molecule is COCCOc1cc(Nc2cc(C)[nH]n2)nc(N2CCC2c2cc(-c3cccnc3C)no2)n1. The number of aromatic nitrogens is 6. The number of anilines is 3. The minimum absolute atomic E-state index is 0.0204. The minimum Gasteiger partial charge on any atom is -0.475 e. The molecular weight excluding hydrogens is 436 g/mol. The third-order valence-electron chi connectivity index (χ3n) is 5.61. The molecule has 1 atom stereocenters. The van der Waals surface area contributed by atoms with Crippen LogP contribution in [0.4, 0.5) is 17.6 Å². The standard InChI is InChI=1S/C23H26N8O3/c1-14-11-21(29-28-14)25-20-13-22(33-10-9-32-3)27-23(26-20)31-8-6-18(31)19-12-17(30-34-19)16-5-4-7-24-15(16)2/h4-5,7,11-13,18H,6,8-10H2,1-3H3,(H2,25,26,27,28,29). The van der Waals surface area contributed by atoms with Gasteiger partial charge in [0.05, 0.1) is 12.6 Å². The molecule has 176 valence electrons. The first-order chi connectivity index (χ1) is 16.6. The average Bonchev–Trinajstić information content (AvgIpc) is 3.42. The van der Waals surface area contributed by atoms with Gasteiger partial charge < -0.3 is 24.2 Å². The van der Waals surface area contributed by atoms with Crippen molar-refractivity contribution >= 4 is 17.6 Å². The lowest BCUT2D eigenvalue weighted by Gasteiger charge is -2.39. The topological polar surface area (TPSA) is 127 Å². The van der Waals surface area contributed by atoms with Gasteiger partial charge in [-0.1, -0.05) is 5.16 Å². The number of rotatable bonds is 9. The van der Waals surface area contributed by atoms with Crippen molar-refractivity contribution in [3.05, 3.63) is 53.7 Å². The third-order valence-corrected chi connectivity index (χ3v) is 5.61. The monoisotopic (exact) mass is 462 g/mol. The highest BCUT2D eigenvalue weighted by Crippen LogP contribution is 2.38. The molecule has 4 aromatic heterocycles. The molecule has 2 N–H and O–H groups in total. The molecule has 5 heterocycles. The van der Waals surface area contributed by atoms with Crippen LogP contribution >= 0.6 is 0 Å². The van der Waals surface area contributed by atoms with Crippen LogP contribution in [-0.4, -0.2) is 57.2 Å². The highest BCUT2D eigenvalue weighted by molar-refractivity contribution is 5.62. The van der Waals surface area contributed by atoms with Gasteiger partial charge in [0.1, 0.15) is 18.1 Å². The van der Waals surface area contributed by atoms with E-state index in [0.29, 0.717) is 36.7 Å². The Bertz CT molecular complexity index is 1270. The second-order valence-corrected chi connectivity index (χ2v) is 8.04. The second-order valence-electron chi connectivity index (χ2n) is 8.04. The molecule has 0 spiro atoms. The summed E-state index contributed by atoms with van der Waals surface area (Å²) in [6.07, 6.45) is 2.67. The zero-order valence-electron chi connectivity index (χ0n) is 19.3. The van der Waals surface area contributed by atoms with E-state index in [0.717, 1.165) is 41.4 Å². The first kappa shape index (κ1) is 21.8. The molecule has 0 amide bonds. The Morgan fingerprint density at radius 2 is 2.09 bits per heavy atom. The molecular formula is C23H26N8O3. The van der Waals surface area contributed by atoms with E-state index < -0.39 is 0 Å². The van der Waals surface area contributed by atoms with Crippen LogP contribution in [0.5, 0.6) is 5.88 Å². The first-order valence-electron chi connectivity index (χ1n) is 11.1. The van der Waals surface area contributed by atoms with Gasteiger partial charge in [0.2, 0.25) is 11.8 Å². The van der Waals surface area contributed by atoms with Crippen LogP contribution in [0, 0.1) is 13.8 Å². The Morgan fingerprint density at radius 1 is 1.18 bits per heavy atom. The number of pyridine rings is 1. The van der Waals surface area contributed by atoms with Crippen molar-refractivity contribution in [2.24, 2.45) is 0 Å². The summed E-state index contributed by atoms with van der Waals surface area (Å²) >= 11 is 0. The van der Waals surface area contributed by atoms with Crippen molar-refractivity contribution in [1.29, 1.82) is 0 Å². The smallest absolute Gasteiger partial charge is 0.231 e. The van der Waals surface area contributed by atoms with E-state index in [9.17, 15) is 0 Å². The van der Waals surface area contributed by atoms with Crippen LogP contribution in [0.25, 0.3) is 11.3 Å². The normalized spacial score (nSPS) is 15.3. The molecule has 1 fully saturated rings. The molecule has 0 aliphatic carbocycles. The Labute approximate surface area is 196 Å². The third kappa shape index (κ3) is 4.55. The number of aryl methyl sites for hydroxylation is 2. The number of nitrogens with one attached hydrogen (secondary N) is 2. The summed E-state index contributed by atoms with van der Waals surface area (Å²) < 4.78 is 16.6. The molecule has 0 radical (unpaired) electrons. The Balaban J connectivity index is 1.40. The molecule has 0 saturated carbocycles. The van der Waals surface area contributed by atoms with Gasteiger partial charge in [0.15, 0.2) is 11.6 Å². The Morgan fingerprint density at radius 3 is 2.82 bits per heavy atom. The Kier molecular flexibility index (Phi) is 6.09. The maximum atomic E-state index is 5.79. The second kappa shape index (κ2) is 9.48. The number of hydrogen-bond donors (Lipinski definition) is 2. The minimum atomic E-state index is -0.0204. The molecule has 5 rings (SSSR count). The molecule has 0 aromatic carbocycles. The summed E-state index contributed by atoms with van der Waals surface area (Å²) in [7, 11) is 1.63. The van der Waals surface area contributed by atoms with E-state index in [1.54, 1.807) is 19.4 Å². The van der Waals surface area contributed by atoms with E-state index in [2.05, 4.69) is 35.5 Å². The van der Waals surface area contributed by atoms with Gasteiger partial charge >= 0.3 is 0 Å². The average molecular weight is 463 g/mol. The lowest BCUT2D eigenvalue weighted by atomic mass is 10.00. The molecule has 1 aliphatic rings. The zero-order valence-corrected chi connectivity index (χ0v) is 19.3. The summed E-state index contributed by atoms with van der Waals surface area (Å²) in [5.41, 5.74) is 3.57. The summed E-state index contributed by atoms with van der Waals surface area (Å²) in [5.74, 6) is 3.00. The van der Waals surface area contributed by atoms with E-state index in [4.69, 9.17) is 19.0 Å². The highest BCUT2D eigenvalue weighted by atomic mass is 16.5. The fraction of sp³-hybridized carbons (Fsp3) is 0.348. The van der Waals surface area contributed by atoms with E-state index in [1.807, 2.05) is 38.1 Å². The fourth-order valence-corrected chi connectivity index (χ4v) is 3.77. The molecule has 0 bridgehead atoms. The van der Waals surface area contributed by atoms with Crippen LogP contribution < -0.4 is 15.0 Å². The van der Waals surface area contributed by atoms with Crippen LogP contribution in [-0.2, 0) is 4.74 Å². The molecule has 11 heteroatoms. The van der Waals surface area contributed by atoms with Crippen molar-refractivity contribution in [3.63, 3.8) is 0 Å².